The summed E-state index contributed by atoms with van der Waals surface area (Å²) >= 11 is 1.51. The summed E-state index contributed by atoms with van der Waals surface area (Å²) in [6.07, 6.45) is 0. The smallest absolute Gasteiger partial charge is 0.327 e. The average molecular weight is 217 g/mol. The van der Waals surface area contributed by atoms with Crippen LogP contribution in [-0.2, 0) is 9.59 Å². The Kier molecular flexibility index (Phi) is 3.42. The molecule has 1 fully saturated rings. The van der Waals surface area contributed by atoms with E-state index in [1.54, 1.807) is 13.8 Å². The molecular weight excluding hydrogens is 202 g/mol. The largest absolute Gasteiger partial charge is 0.480 e. The number of rotatable bonds is 2. The summed E-state index contributed by atoms with van der Waals surface area (Å²) in [5.74, 6) is -0.627. The van der Waals surface area contributed by atoms with Gasteiger partial charge in [-0.3, -0.25) is 4.79 Å². The predicted molar refractivity (Wildman–Crippen MR) is 55.0 cm³/mol. The highest BCUT2D eigenvalue weighted by atomic mass is 32.2. The molecule has 80 valence electrons. The van der Waals surface area contributed by atoms with Gasteiger partial charge < -0.3 is 10.0 Å². The lowest BCUT2D eigenvalue weighted by Gasteiger charge is -2.26. The Morgan fingerprint density at radius 2 is 2.07 bits per heavy atom. The van der Waals surface area contributed by atoms with Crippen molar-refractivity contribution in [3.05, 3.63) is 0 Å². The third-order valence-electron chi connectivity index (χ3n) is 2.26. The molecular formula is C9H15NO3S. The molecule has 0 aromatic rings. The number of aliphatic carboxylic acids is 1. The summed E-state index contributed by atoms with van der Waals surface area (Å²) in [4.78, 5) is 24.1. The molecule has 1 aliphatic heterocycles. The number of hydrogen-bond acceptors (Lipinski definition) is 3. The highest BCUT2D eigenvalue weighted by Gasteiger charge is 2.39. The van der Waals surface area contributed by atoms with Crippen LogP contribution in [0.2, 0.25) is 0 Å². The monoisotopic (exact) mass is 217 g/mol. The molecule has 1 saturated heterocycles. The van der Waals surface area contributed by atoms with Gasteiger partial charge in [-0.15, -0.1) is 11.8 Å². The van der Waals surface area contributed by atoms with Crippen molar-refractivity contribution < 1.29 is 14.7 Å². The van der Waals surface area contributed by atoms with Crippen molar-refractivity contribution in [3.8, 4) is 0 Å². The zero-order valence-corrected chi connectivity index (χ0v) is 9.37. The summed E-state index contributed by atoms with van der Waals surface area (Å²) in [6, 6.07) is -0.648. The van der Waals surface area contributed by atoms with E-state index in [4.69, 9.17) is 5.11 Å². The molecule has 14 heavy (non-hydrogen) atoms. The lowest BCUT2D eigenvalue weighted by atomic mass is 10.1. The molecule has 0 bridgehead atoms. The first kappa shape index (κ1) is 11.4. The van der Waals surface area contributed by atoms with Crippen LogP contribution in [0.25, 0.3) is 0 Å². The van der Waals surface area contributed by atoms with Crippen molar-refractivity contribution in [1.29, 1.82) is 0 Å². The maximum Gasteiger partial charge on any atom is 0.327 e. The highest BCUT2D eigenvalue weighted by molar-refractivity contribution is 8.00. The van der Waals surface area contributed by atoms with E-state index < -0.39 is 12.0 Å². The van der Waals surface area contributed by atoms with Crippen LogP contribution in [0.15, 0.2) is 0 Å². The third kappa shape index (κ3) is 2.03. The molecule has 0 spiro atoms. The lowest BCUT2D eigenvalue weighted by molar-refractivity contribution is -0.150. The molecule has 2 unspecified atom stereocenters. The number of thioether (sulfide) groups is 1. The Bertz CT molecular complexity index is 254. The van der Waals surface area contributed by atoms with Gasteiger partial charge in [0.15, 0.2) is 0 Å². The van der Waals surface area contributed by atoms with Crippen molar-refractivity contribution in [1.82, 2.24) is 4.90 Å². The summed E-state index contributed by atoms with van der Waals surface area (Å²) in [5.41, 5.74) is 0. The molecule has 1 amide bonds. The average Bonchev–Trinajstić information content (AvgIpc) is 2.45. The highest BCUT2D eigenvalue weighted by Crippen LogP contribution is 2.29. The van der Waals surface area contributed by atoms with Crippen molar-refractivity contribution in [2.75, 3.05) is 5.75 Å². The molecule has 0 aliphatic carbocycles. The van der Waals surface area contributed by atoms with E-state index in [1.165, 1.54) is 16.7 Å². The second-order valence-corrected chi connectivity index (χ2v) is 5.04. The quantitative estimate of drug-likeness (QED) is 0.750. The van der Waals surface area contributed by atoms with Crippen LogP contribution in [0, 0.1) is 5.92 Å². The minimum atomic E-state index is -0.907. The van der Waals surface area contributed by atoms with Gasteiger partial charge in [0.2, 0.25) is 5.91 Å². The van der Waals surface area contributed by atoms with E-state index in [0.717, 1.165) is 0 Å². The Labute approximate surface area is 87.7 Å². The molecule has 1 aliphatic rings. The summed E-state index contributed by atoms with van der Waals surface area (Å²) in [6.45, 7) is 5.45. The van der Waals surface area contributed by atoms with E-state index in [2.05, 4.69) is 0 Å². The Morgan fingerprint density at radius 1 is 1.50 bits per heavy atom. The van der Waals surface area contributed by atoms with Gasteiger partial charge >= 0.3 is 5.97 Å². The minimum absolute atomic E-state index is 0.0222. The molecule has 4 nitrogen and oxygen atoms in total. The van der Waals surface area contributed by atoms with Crippen molar-refractivity contribution in [3.63, 3.8) is 0 Å². The van der Waals surface area contributed by atoms with E-state index in [0.29, 0.717) is 5.75 Å². The first-order chi connectivity index (χ1) is 6.45. The molecule has 1 N–H and O–H groups in total. The van der Waals surface area contributed by atoms with Gasteiger partial charge in [0.1, 0.15) is 6.04 Å². The fourth-order valence-corrected chi connectivity index (χ4v) is 2.64. The van der Waals surface area contributed by atoms with Crippen molar-refractivity contribution in [2.45, 2.75) is 32.2 Å². The van der Waals surface area contributed by atoms with Gasteiger partial charge in [-0.05, 0) is 6.92 Å². The van der Waals surface area contributed by atoms with E-state index in [9.17, 15) is 9.59 Å². The van der Waals surface area contributed by atoms with Crippen LogP contribution in [-0.4, -0.2) is 39.1 Å². The standard InChI is InChI=1S/C9H15NO3S/c1-5(2)8(11)10-6(3)14-4-7(10)9(12)13/h5-7H,4H2,1-3H3,(H,12,13). The van der Waals surface area contributed by atoms with Gasteiger partial charge in [-0.25, -0.2) is 4.79 Å². The molecule has 0 aromatic carbocycles. The van der Waals surface area contributed by atoms with Crippen LogP contribution >= 0.6 is 11.8 Å². The SMILES string of the molecule is CC(C)C(=O)N1C(C)SCC1C(=O)O. The number of hydrogen-bond donors (Lipinski definition) is 1. The van der Waals surface area contributed by atoms with Crippen LogP contribution in [0.3, 0.4) is 0 Å². The number of carbonyl (C=O) groups excluding carboxylic acids is 1. The van der Waals surface area contributed by atoms with Gasteiger partial charge in [0, 0.05) is 11.7 Å². The zero-order valence-electron chi connectivity index (χ0n) is 8.56. The van der Waals surface area contributed by atoms with Gasteiger partial charge in [0.05, 0.1) is 5.37 Å². The molecule has 0 saturated carbocycles. The Morgan fingerprint density at radius 3 is 2.50 bits per heavy atom. The normalized spacial score (nSPS) is 27.0. The predicted octanol–water partition coefficient (Wildman–Crippen LogP) is 1.02. The van der Waals surface area contributed by atoms with Crippen molar-refractivity contribution >= 4 is 23.6 Å². The first-order valence-electron chi connectivity index (χ1n) is 4.61. The van der Waals surface area contributed by atoms with Crippen LogP contribution in [0.1, 0.15) is 20.8 Å². The minimum Gasteiger partial charge on any atom is -0.480 e. The molecule has 2 atom stereocenters. The molecule has 0 radical (unpaired) electrons. The molecule has 5 heteroatoms. The van der Waals surface area contributed by atoms with Crippen LogP contribution < -0.4 is 0 Å². The third-order valence-corrected chi connectivity index (χ3v) is 3.47. The summed E-state index contributed by atoms with van der Waals surface area (Å²) in [5, 5.41) is 8.90. The number of carbonyl (C=O) groups is 2. The van der Waals surface area contributed by atoms with Gasteiger partial charge in [-0.1, -0.05) is 13.8 Å². The maximum absolute atomic E-state index is 11.7. The second kappa shape index (κ2) is 4.21. The lowest BCUT2D eigenvalue weighted by Crippen LogP contribution is -2.46. The zero-order chi connectivity index (χ0) is 10.9. The molecule has 0 aromatic heterocycles. The number of carboxylic acid groups (broad SMARTS) is 1. The van der Waals surface area contributed by atoms with E-state index in [-0.39, 0.29) is 17.2 Å². The molecule has 1 heterocycles. The number of amides is 1. The van der Waals surface area contributed by atoms with Gasteiger partial charge in [0.25, 0.3) is 0 Å². The first-order valence-corrected chi connectivity index (χ1v) is 5.66. The fourth-order valence-electron chi connectivity index (χ4n) is 1.47. The Balaban J connectivity index is 2.81. The fraction of sp³-hybridized carbons (Fsp3) is 0.778. The van der Waals surface area contributed by atoms with Crippen molar-refractivity contribution in [2.24, 2.45) is 5.92 Å². The summed E-state index contributed by atoms with van der Waals surface area (Å²) in [7, 11) is 0. The topological polar surface area (TPSA) is 57.6 Å². The second-order valence-electron chi connectivity index (χ2n) is 3.69. The number of carboxylic acids is 1. The Hall–Kier alpha value is -0.710. The maximum atomic E-state index is 11.7. The van der Waals surface area contributed by atoms with Gasteiger partial charge in [-0.2, -0.15) is 0 Å². The van der Waals surface area contributed by atoms with Crippen LogP contribution in [0.4, 0.5) is 0 Å². The van der Waals surface area contributed by atoms with E-state index in [1.807, 2.05) is 6.92 Å². The summed E-state index contributed by atoms with van der Waals surface area (Å²) < 4.78 is 0. The molecule has 1 rings (SSSR count). The van der Waals surface area contributed by atoms with Crippen LogP contribution in [0.5, 0.6) is 0 Å². The van der Waals surface area contributed by atoms with E-state index >= 15 is 0 Å². The number of nitrogens with zero attached hydrogens (tertiary/aromatic N) is 1.